The number of anilines is 1. The highest BCUT2D eigenvalue weighted by Gasteiger charge is 2.27. The lowest BCUT2D eigenvalue weighted by Gasteiger charge is -2.12. The Morgan fingerprint density at radius 1 is 0.889 bits per heavy atom. The summed E-state index contributed by atoms with van der Waals surface area (Å²) in [5, 5.41) is 4.20. The number of carbonyl (C=O) groups is 2. The number of thiophene rings is 1. The van der Waals surface area contributed by atoms with E-state index in [1.807, 2.05) is 30.3 Å². The highest BCUT2D eigenvalue weighted by atomic mass is 35.5. The van der Waals surface area contributed by atoms with Crippen molar-refractivity contribution in [2.24, 2.45) is 0 Å². The van der Waals surface area contributed by atoms with Crippen LogP contribution in [0, 0.1) is 0 Å². The molecule has 27 heavy (non-hydrogen) atoms. The second kappa shape index (κ2) is 7.67. The molecule has 0 fully saturated rings. The Morgan fingerprint density at radius 3 is 2.33 bits per heavy atom. The highest BCUT2D eigenvalue weighted by Crippen LogP contribution is 2.39. The van der Waals surface area contributed by atoms with E-state index >= 15 is 0 Å². The Hall–Kier alpha value is -2.43. The summed E-state index contributed by atoms with van der Waals surface area (Å²) in [6.45, 7) is 0. The van der Waals surface area contributed by atoms with Crippen molar-refractivity contribution < 1.29 is 9.59 Å². The van der Waals surface area contributed by atoms with Gasteiger partial charge in [0.1, 0.15) is 5.00 Å². The van der Waals surface area contributed by atoms with Gasteiger partial charge in [0.05, 0.1) is 5.56 Å². The third-order valence-corrected chi connectivity index (χ3v) is 6.23. The Balaban J connectivity index is 1.72. The van der Waals surface area contributed by atoms with Crippen LogP contribution >= 0.6 is 22.9 Å². The molecular formula is C22H18ClNO2S. The summed E-state index contributed by atoms with van der Waals surface area (Å²) >= 11 is 7.44. The molecule has 0 saturated carbocycles. The van der Waals surface area contributed by atoms with Gasteiger partial charge in [0.25, 0.3) is 5.91 Å². The summed E-state index contributed by atoms with van der Waals surface area (Å²) in [6, 6.07) is 16.0. The van der Waals surface area contributed by atoms with E-state index in [1.54, 1.807) is 24.3 Å². The van der Waals surface area contributed by atoms with Crippen molar-refractivity contribution in [3.8, 4) is 0 Å². The van der Waals surface area contributed by atoms with Gasteiger partial charge in [-0.15, -0.1) is 11.3 Å². The third-order valence-electron chi connectivity index (χ3n) is 4.77. The molecule has 0 bridgehead atoms. The fraction of sp³-hybridized carbons (Fsp3) is 0.182. The first-order valence-electron chi connectivity index (χ1n) is 8.94. The van der Waals surface area contributed by atoms with Gasteiger partial charge in [0, 0.05) is 21.0 Å². The third kappa shape index (κ3) is 3.68. The molecule has 0 aliphatic heterocycles. The van der Waals surface area contributed by atoms with Gasteiger partial charge in [-0.3, -0.25) is 9.59 Å². The van der Waals surface area contributed by atoms with Crippen molar-refractivity contribution in [3.63, 3.8) is 0 Å². The van der Waals surface area contributed by atoms with E-state index in [1.165, 1.54) is 16.2 Å². The summed E-state index contributed by atoms with van der Waals surface area (Å²) in [7, 11) is 0. The van der Waals surface area contributed by atoms with Crippen LogP contribution in [0.5, 0.6) is 0 Å². The molecule has 0 saturated heterocycles. The molecule has 5 heteroatoms. The molecule has 4 rings (SSSR count). The van der Waals surface area contributed by atoms with Crippen LogP contribution in [-0.2, 0) is 12.8 Å². The quantitative estimate of drug-likeness (QED) is 0.570. The molecule has 1 aliphatic carbocycles. The summed E-state index contributed by atoms with van der Waals surface area (Å²) < 4.78 is 0. The zero-order chi connectivity index (χ0) is 18.8. The van der Waals surface area contributed by atoms with Gasteiger partial charge in [-0.25, -0.2) is 0 Å². The summed E-state index contributed by atoms with van der Waals surface area (Å²) in [6.07, 6.45) is 4.04. The highest BCUT2D eigenvalue weighted by molar-refractivity contribution is 7.17. The van der Waals surface area contributed by atoms with Crippen molar-refractivity contribution in [3.05, 3.63) is 86.8 Å². The van der Waals surface area contributed by atoms with Crippen LogP contribution < -0.4 is 5.32 Å². The first kappa shape index (κ1) is 18.0. The Bertz CT molecular complexity index is 993. The van der Waals surface area contributed by atoms with Gasteiger partial charge in [-0.05, 0) is 55.5 Å². The number of nitrogens with one attached hydrogen (secondary N) is 1. The minimum absolute atomic E-state index is 0.0265. The molecule has 0 radical (unpaired) electrons. The molecular weight excluding hydrogens is 378 g/mol. The number of rotatable bonds is 4. The molecule has 3 nitrogen and oxygen atoms in total. The summed E-state index contributed by atoms with van der Waals surface area (Å²) in [4.78, 5) is 27.1. The minimum Gasteiger partial charge on any atom is -0.313 e. The number of amides is 1. The average Bonchev–Trinajstić information content (AvgIpc) is 3.06. The van der Waals surface area contributed by atoms with E-state index in [-0.39, 0.29) is 11.7 Å². The SMILES string of the molecule is O=C(Nc1sc2c(c1C(=O)c1ccccc1)CCCC2)c1ccc(Cl)cc1. The molecule has 2 aromatic carbocycles. The maximum absolute atomic E-state index is 13.2. The van der Waals surface area contributed by atoms with Crippen LogP contribution in [0.2, 0.25) is 5.02 Å². The molecule has 1 amide bonds. The van der Waals surface area contributed by atoms with Crippen LogP contribution in [-0.4, -0.2) is 11.7 Å². The first-order chi connectivity index (χ1) is 13.1. The van der Waals surface area contributed by atoms with E-state index < -0.39 is 0 Å². The Kier molecular flexibility index (Phi) is 5.10. The lowest BCUT2D eigenvalue weighted by atomic mass is 9.92. The van der Waals surface area contributed by atoms with Crippen molar-refractivity contribution in [1.29, 1.82) is 0 Å². The van der Waals surface area contributed by atoms with Crippen LogP contribution in [0.4, 0.5) is 5.00 Å². The number of aryl methyl sites for hydroxylation is 1. The standard InChI is InChI=1S/C22H18ClNO2S/c23-16-12-10-15(11-13-16)21(26)24-22-19(17-8-4-5-9-18(17)27-22)20(25)14-6-2-1-3-7-14/h1-3,6-7,10-13H,4-5,8-9H2,(H,24,26). The van der Waals surface area contributed by atoms with Gasteiger partial charge in [-0.1, -0.05) is 41.9 Å². The second-order valence-corrected chi connectivity index (χ2v) is 8.11. The van der Waals surface area contributed by atoms with E-state index in [9.17, 15) is 9.59 Å². The van der Waals surface area contributed by atoms with Gasteiger partial charge in [-0.2, -0.15) is 0 Å². The topological polar surface area (TPSA) is 46.2 Å². The molecule has 0 spiro atoms. The second-order valence-electron chi connectivity index (χ2n) is 6.57. The predicted octanol–water partition coefficient (Wildman–Crippen LogP) is 5.76. The van der Waals surface area contributed by atoms with Crippen molar-refractivity contribution in [2.75, 3.05) is 5.32 Å². The number of hydrogen-bond donors (Lipinski definition) is 1. The maximum Gasteiger partial charge on any atom is 0.256 e. The van der Waals surface area contributed by atoms with Crippen LogP contribution in [0.25, 0.3) is 0 Å². The fourth-order valence-electron chi connectivity index (χ4n) is 3.40. The van der Waals surface area contributed by atoms with E-state index in [4.69, 9.17) is 11.6 Å². The summed E-state index contributed by atoms with van der Waals surface area (Å²) in [5.41, 5.74) is 2.92. The van der Waals surface area contributed by atoms with Crippen molar-refractivity contribution >= 4 is 39.6 Å². The Labute approximate surface area is 167 Å². The molecule has 3 aromatic rings. The number of fused-ring (bicyclic) bond motifs is 1. The number of hydrogen-bond acceptors (Lipinski definition) is 3. The molecule has 0 unspecified atom stereocenters. The van der Waals surface area contributed by atoms with Gasteiger partial charge >= 0.3 is 0 Å². The van der Waals surface area contributed by atoms with Crippen molar-refractivity contribution in [1.82, 2.24) is 0 Å². The lowest BCUT2D eigenvalue weighted by molar-refractivity contribution is 0.102. The Morgan fingerprint density at radius 2 is 1.59 bits per heavy atom. The number of halogens is 1. The number of ketones is 1. The normalized spacial score (nSPS) is 13.1. The summed E-state index contributed by atoms with van der Waals surface area (Å²) in [5.74, 6) is -0.256. The minimum atomic E-state index is -0.229. The monoisotopic (exact) mass is 395 g/mol. The van der Waals surface area contributed by atoms with E-state index in [0.29, 0.717) is 26.7 Å². The molecule has 1 aliphatic rings. The smallest absolute Gasteiger partial charge is 0.256 e. The van der Waals surface area contributed by atoms with E-state index in [2.05, 4.69) is 5.32 Å². The molecule has 1 heterocycles. The predicted molar refractivity (Wildman–Crippen MR) is 110 cm³/mol. The molecule has 1 aromatic heterocycles. The number of carbonyl (C=O) groups excluding carboxylic acids is 2. The first-order valence-corrected chi connectivity index (χ1v) is 10.1. The van der Waals surface area contributed by atoms with Gasteiger partial charge < -0.3 is 5.32 Å². The zero-order valence-electron chi connectivity index (χ0n) is 14.6. The average molecular weight is 396 g/mol. The largest absolute Gasteiger partial charge is 0.313 e. The van der Waals surface area contributed by atoms with Crippen molar-refractivity contribution in [2.45, 2.75) is 25.7 Å². The zero-order valence-corrected chi connectivity index (χ0v) is 16.2. The van der Waals surface area contributed by atoms with Crippen LogP contribution in [0.15, 0.2) is 54.6 Å². The van der Waals surface area contributed by atoms with Gasteiger partial charge in [0.2, 0.25) is 0 Å². The molecule has 1 N–H and O–H groups in total. The van der Waals surface area contributed by atoms with Gasteiger partial charge in [0.15, 0.2) is 5.78 Å². The molecule has 136 valence electrons. The molecule has 0 atom stereocenters. The fourth-order valence-corrected chi connectivity index (χ4v) is 4.81. The van der Waals surface area contributed by atoms with Crippen LogP contribution in [0.1, 0.15) is 49.6 Å². The lowest BCUT2D eigenvalue weighted by Crippen LogP contribution is -2.14. The maximum atomic E-state index is 13.2. The van der Waals surface area contributed by atoms with Crippen LogP contribution in [0.3, 0.4) is 0 Å². The van der Waals surface area contributed by atoms with E-state index in [0.717, 1.165) is 31.2 Å². The number of benzene rings is 2.